The second kappa shape index (κ2) is 9.30. The molecule has 5 N–H and O–H groups in total. The summed E-state index contributed by atoms with van der Waals surface area (Å²) in [7, 11) is 0. The summed E-state index contributed by atoms with van der Waals surface area (Å²) in [5.74, 6) is 1.38. The molecule has 1 fully saturated rings. The van der Waals surface area contributed by atoms with Crippen molar-refractivity contribution >= 4 is 23.0 Å². The molecule has 1 heterocycles. The fourth-order valence-corrected chi connectivity index (χ4v) is 2.60. The number of benzene rings is 1. The van der Waals surface area contributed by atoms with Crippen molar-refractivity contribution in [2.24, 2.45) is 5.92 Å². The van der Waals surface area contributed by atoms with Crippen molar-refractivity contribution in [3.8, 4) is 5.75 Å². The molecule has 1 aliphatic rings. The smallest absolute Gasteiger partial charge is 0.172 e. The molecule has 140 valence electrons. The molecule has 1 saturated heterocycles. The Hall–Kier alpha value is -1.45. The van der Waals surface area contributed by atoms with Crippen LogP contribution in [0.5, 0.6) is 5.75 Å². The number of aliphatic hydroxyl groups excluding tert-OH is 3. The van der Waals surface area contributed by atoms with Crippen LogP contribution in [0.1, 0.15) is 20.3 Å². The number of hydrogen-bond acceptors (Lipinski definition) is 6. The number of thiocarbonyl (C=S) groups is 1. The lowest BCUT2D eigenvalue weighted by molar-refractivity contribution is -0.0260. The van der Waals surface area contributed by atoms with E-state index in [1.807, 2.05) is 24.3 Å². The standard InChI is InChI=1S/C17H26N2O5S/c1-10(2)7-8-23-12-5-3-11(4-6-12)18-17(25)19-16-15(22)14(21)13(9-20)24-16/h3-6,10,13-16,20-22H,7-9H2,1-2H3,(H2,18,19,25)/t13-,14-,15+,16?/m1/s1. The zero-order valence-electron chi connectivity index (χ0n) is 14.4. The molecule has 0 aliphatic carbocycles. The lowest BCUT2D eigenvalue weighted by Gasteiger charge is -2.19. The summed E-state index contributed by atoms with van der Waals surface area (Å²) in [5.41, 5.74) is 0.750. The molecule has 2 rings (SSSR count). The van der Waals surface area contributed by atoms with Crippen molar-refractivity contribution < 1.29 is 24.8 Å². The fraction of sp³-hybridized carbons (Fsp3) is 0.588. The minimum Gasteiger partial charge on any atom is -0.494 e. The largest absolute Gasteiger partial charge is 0.494 e. The Balaban J connectivity index is 1.80. The van der Waals surface area contributed by atoms with E-state index >= 15 is 0 Å². The quantitative estimate of drug-likeness (QED) is 0.450. The van der Waals surface area contributed by atoms with Crippen LogP contribution in [-0.2, 0) is 4.74 Å². The van der Waals surface area contributed by atoms with E-state index in [4.69, 9.17) is 26.8 Å². The molecular weight excluding hydrogens is 344 g/mol. The first kappa shape index (κ1) is 19.9. The molecular formula is C17H26N2O5S. The second-order valence-corrected chi connectivity index (χ2v) is 6.82. The maximum atomic E-state index is 9.88. The number of anilines is 1. The van der Waals surface area contributed by atoms with Gasteiger partial charge in [-0.15, -0.1) is 0 Å². The molecule has 1 aliphatic heterocycles. The molecule has 1 aromatic carbocycles. The third kappa shape index (κ3) is 5.79. The average molecular weight is 370 g/mol. The lowest BCUT2D eigenvalue weighted by Crippen LogP contribution is -2.45. The number of aliphatic hydroxyl groups is 3. The zero-order valence-corrected chi connectivity index (χ0v) is 15.2. The van der Waals surface area contributed by atoms with Gasteiger partial charge in [-0.1, -0.05) is 13.8 Å². The van der Waals surface area contributed by atoms with Crippen LogP contribution in [0.25, 0.3) is 0 Å². The van der Waals surface area contributed by atoms with Gasteiger partial charge in [0.15, 0.2) is 11.3 Å². The third-order valence-electron chi connectivity index (χ3n) is 3.89. The van der Waals surface area contributed by atoms with Crippen molar-refractivity contribution in [1.82, 2.24) is 5.32 Å². The minimum atomic E-state index is -1.17. The number of hydrogen-bond donors (Lipinski definition) is 5. The van der Waals surface area contributed by atoms with Gasteiger partial charge < -0.3 is 35.4 Å². The Morgan fingerprint density at radius 2 is 1.92 bits per heavy atom. The molecule has 0 spiro atoms. The molecule has 1 aromatic rings. The van der Waals surface area contributed by atoms with Crippen molar-refractivity contribution in [3.05, 3.63) is 24.3 Å². The maximum absolute atomic E-state index is 9.88. The molecule has 1 unspecified atom stereocenters. The first-order chi connectivity index (χ1) is 11.9. The fourth-order valence-electron chi connectivity index (χ4n) is 2.36. The van der Waals surface area contributed by atoms with Crippen LogP contribution in [0.4, 0.5) is 5.69 Å². The monoisotopic (exact) mass is 370 g/mol. The van der Waals surface area contributed by atoms with Crippen LogP contribution in [0.2, 0.25) is 0 Å². The Morgan fingerprint density at radius 3 is 2.48 bits per heavy atom. The zero-order chi connectivity index (χ0) is 18.4. The molecule has 0 aromatic heterocycles. The van der Waals surface area contributed by atoms with Gasteiger partial charge in [0.2, 0.25) is 0 Å². The normalized spacial score (nSPS) is 25.8. The van der Waals surface area contributed by atoms with Crippen LogP contribution in [0, 0.1) is 5.92 Å². The van der Waals surface area contributed by atoms with Crippen LogP contribution in [-0.4, -0.2) is 58.2 Å². The first-order valence-electron chi connectivity index (χ1n) is 8.33. The van der Waals surface area contributed by atoms with Crippen LogP contribution < -0.4 is 15.4 Å². The van der Waals surface area contributed by atoms with Gasteiger partial charge in [-0.3, -0.25) is 0 Å². The molecule has 4 atom stereocenters. The van der Waals surface area contributed by atoms with E-state index in [9.17, 15) is 10.2 Å². The minimum absolute atomic E-state index is 0.239. The molecule has 0 saturated carbocycles. The highest BCUT2D eigenvalue weighted by Crippen LogP contribution is 2.20. The van der Waals surface area contributed by atoms with Crippen molar-refractivity contribution in [2.75, 3.05) is 18.5 Å². The van der Waals surface area contributed by atoms with Gasteiger partial charge in [-0.05, 0) is 48.8 Å². The van der Waals surface area contributed by atoms with Gasteiger partial charge >= 0.3 is 0 Å². The number of ether oxygens (including phenoxy) is 2. The van der Waals surface area contributed by atoms with Crippen LogP contribution in [0.3, 0.4) is 0 Å². The number of rotatable bonds is 7. The molecule has 8 heteroatoms. The van der Waals surface area contributed by atoms with Crippen LogP contribution in [0.15, 0.2) is 24.3 Å². The molecule has 7 nitrogen and oxygen atoms in total. The van der Waals surface area contributed by atoms with Crippen LogP contribution >= 0.6 is 12.2 Å². The third-order valence-corrected chi connectivity index (χ3v) is 4.11. The van der Waals surface area contributed by atoms with Gasteiger partial charge in [0.05, 0.1) is 13.2 Å². The average Bonchev–Trinajstić information content (AvgIpc) is 2.84. The Labute approximate surface area is 153 Å². The summed E-state index contributed by atoms with van der Waals surface area (Å²) in [5, 5.41) is 34.7. The van der Waals surface area contributed by atoms with E-state index in [-0.39, 0.29) is 11.7 Å². The van der Waals surface area contributed by atoms with E-state index in [1.54, 1.807) is 0 Å². The van der Waals surface area contributed by atoms with Crippen molar-refractivity contribution in [2.45, 2.75) is 44.8 Å². The van der Waals surface area contributed by atoms with Crippen molar-refractivity contribution in [3.63, 3.8) is 0 Å². The molecule has 0 bridgehead atoms. The summed E-state index contributed by atoms with van der Waals surface area (Å²) in [6.07, 6.45) is -3.05. The predicted octanol–water partition coefficient (Wildman–Crippen LogP) is 0.837. The highest BCUT2D eigenvalue weighted by atomic mass is 32.1. The maximum Gasteiger partial charge on any atom is 0.172 e. The summed E-state index contributed by atoms with van der Waals surface area (Å²) in [6, 6.07) is 7.35. The van der Waals surface area contributed by atoms with Gasteiger partial charge in [0.25, 0.3) is 0 Å². The van der Waals surface area contributed by atoms with E-state index in [0.717, 1.165) is 17.9 Å². The van der Waals surface area contributed by atoms with E-state index < -0.39 is 24.5 Å². The first-order valence-corrected chi connectivity index (χ1v) is 8.74. The highest BCUT2D eigenvalue weighted by Gasteiger charge is 2.42. The van der Waals surface area contributed by atoms with E-state index in [0.29, 0.717) is 12.5 Å². The molecule has 0 amide bonds. The molecule has 25 heavy (non-hydrogen) atoms. The Bertz CT molecular complexity index is 554. The van der Waals surface area contributed by atoms with E-state index in [2.05, 4.69) is 24.5 Å². The Kier molecular flexibility index (Phi) is 7.39. The lowest BCUT2D eigenvalue weighted by atomic mass is 10.1. The van der Waals surface area contributed by atoms with E-state index in [1.165, 1.54) is 0 Å². The van der Waals surface area contributed by atoms with Gasteiger partial charge in [-0.2, -0.15) is 0 Å². The predicted molar refractivity (Wildman–Crippen MR) is 98.5 cm³/mol. The second-order valence-electron chi connectivity index (χ2n) is 6.41. The van der Waals surface area contributed by atoms with Gasteiger partial charge in [-0.25, -0.2) is 0 Å². The van der Waals surface area contributed by atoms with Crippen molar-refractivity contribution in [1.29, 1.82) is 0 Å². The molecule has 0 radical (unpaired) electrons. The highest BCUT2D eigenvalue weighted by molar-refractivity contribution is 7.80. The topological polar surface area (TPSA) is 103 Å². The van der Waals surface area contributed by atoms with Gasteiger partial charge in [0.1, 0.15) is 24.1 Å². The van der Waals surface area contributed by atoms with Gasteiger partial charge in [0, 0.05) is 5.69 Å². The SMILES string of the molecule is CC(C)CCOc1ccc(NC(=S)NC2O[C@H](CO)[C@@H](O)[C@@H]2O)cc1. The summed E-state index contributed by atoms with van der Waals surface area (Å²) in [4.78, 5) is 0. The summed E-state index contributed by atoms with van der Waals surface area (Å²) < 4.78 is 11.0. The summed E-state index contributed by atoms with van der Waals surface area (Å²) in [6.45, 7) is 4.60. The summed E-state index contributed by atoms with van der Waals surface area (Å²) >= 11 is 5.18. The number of nitrogens with one attached hydrogen (secondary N) is 2. The Morgan fingerprint density at radius 1 is 1.24 bits per heavy atom.